The molecule has 0 bridgehead atoms. The first-order chi connectivity index (χ1) is 11.0. The van der Waals surface area contributed by atoms with E-state index in [9.17, 15) is 9.59 Å². The molecule has 0 atom stereocenters. The molecule has 1 fully saturated rings. The van der Waals surface area contributed by atoms with Crippen LogP contribution in [-0.2, 0) is 9.59 Å². The molecule has 0 saturated carbocycles. The van der Waals surface area contributed by atoms with Gasteiger partial charge in [-0.15, -0.1) is 23.1 Å². The van der Waals surface area contributed by atoms with Crippen LogP contribution < -0.4 is 5.32 Å². The standard InChI is InChI=1S/C16H17N3O2S2/c1-10-3-4-11(2)12(5-10)13-7-23-16(17-13)18-14(20)6-19-9-22-8-15(19)21/h3-5,7H,6,8-9H2,1-2H3,(H,17,18,20). The lowest BCUT2D eigenvalue weighted by atomic mass is 10.0. The van der Waals surface area contributed by atoms with Crippen molar-refractivity contribution < 1.29 is 9.59 Å². The maximum atomic E-state index is 12.0. The van der Waals surface area contributed by atoms with Gasteiger partial charge in [0.05, 0.1) is 17.3 Å². The Balaban J connectivity index is 1.68. The number of benzene rings is 1. The van der Waals surface area contributed by atoms with Crippen molar-refractivity contribution in [1.82, 2.24) is 9.88 Å². The van der Waals surface area contributed by atoms with Crippen molar-refractivity contribution in [3.05, 3.63) is 34.7 Å². The molecule has 2 heterocycles. The van der Waals surface area contributed by atoms with Gasteiger partial charge in [0.1, 0.15) is 6.54 Å². The van der Waals surface area contributed by atoms with E-state index in [4.69, 9.17) is 0 Å². The lowest BCUT2D eigenvalue weighted by molar-refractivity contribution is -0.130. The molecule has 0 radical (unpaired) electrons. The molecule has 5 nitrogen and oxygen atoms in total. The fourth-order valence-electron chi connectivity index (χ4n) is 2.34. The molecule has 1 aromatic carbocycles. The van der Waals surface area contributed by atoms with E-state index in [1.165, 1.54) is 28.7 Å². The molecule has 0 aliphatic carbocycles. The summed E-state index contributed by atoms with van der Waals surface area (Å²) in [5.74, 6) is 0.849. The summed E-state index contributed by atoms with van der Waals surface area (Å²) in [6.07, 6.45) is 0. The van der Waals surface area contributed by atoms with Gasteiger partial charge in [0.25, 0.3) is 0 Å². The summed E-state index contributed by atoms with van der Waals surface area (Å²) < 4.78 is 0. The number of nitrogens with one attached hydrogen (secondary N) is 1. The van der Waals surface area contributed by atoms with Crippen molar-refractivity contribution in [2.75, 3.05) is 23.5 Å². The zero-order valence-electron chi connectivity index (χ0n) is 13.0. The summed E-state index contributed by atoms with van der Waals surface area (Å²) >= 11 is 2.92. The van der Waals surface area contributed by atoms with Crippen molar-refractivity contribution in [3.8, 4) is 11.3 Å². The van der Waals surface area contributed by atoms with Gasteiger partial charge in [-0.05, 0) is 25.5 Å². The van der Waals surface area contributed by atoms with Crippen LogP contribution in [0.5, 0.6) is 0 Å². The van der Waals surface area contributed by atoms with E-state index in [1.54, 1.807) is 4.90 Å². The minimum atomic E-state index is -0.206. The first-order valence-corrected chi connectivity index (χ1v) is 9.25. The van der Waals surface area contributed by atoms with Crippen LogP contribution in [0.15, 0.2) is 23.6 Å². The first-order valence-electron chi connectivity index (χ1n) is 7.21. The van der Waals surface area contributed by atoms with Gasteiger partial charge >= 0.3 is 0 Å². The zero-order valence-corrected chi connectivity index (χ0v) is 14.6. The number of nitrogens with zero attached hydrogens (tertiary/aromatic N) is 2. The monoisotopic (exact) mass is 347 g/mol. The van der Waals surface area contributed by atoms with E-state index in [0.29, 0.717) is 16.8 Å². The van der Waals surface area contributed by atoms with Gasteiger partial charge in [-0.1, -0.05) is 17.7 Å². The van der Waals surface area contributed by atoms with Crippen LogP contribution in [0.25, 0.3) is 11.3 Å². The number of carbonyl (C=O) groups excluding carboxylic acids is 2. The van der Waals surface area contributed by atoms with Crippen LogP contribution in [0.3, 0.4) is 0 Å². The second-order valence-corrected chi connectivity index (χ2v) is 7.29. The smallest absolute Gasteiger partial charge is 0.245 e. The van der Waals surface area contributed by atoms with Gasteiger partial charge < -0.3 is 10.2 Å². The molecular formula is C16H17N3O2S2. The van der Waals surface area contributed by atoms with Gasteiger partial charge in [0.2, 0.25) is 11.8 Å². The quantitative estimate of drug-likeness (QED) is 0.924. The predicted octanol–water partition coefficient (Wildman–Crippen LogP) is 2.90. The molecule has 120 valence electrons. The molecule has 1 aliphatic heterocycles. The lowest BCUT2D eigenvalue weighted by Crippen LogP contribution is -2.34. The summed E-state index contributed by atoms with van der Waals surface area (Å²) in [7, 11) is 0. The minimum Gasteiger partial charge on any atom is -0.323 e. The average Bonchev–Trinajstić information content (AvgIpc) is 3.12. The van der Waals surface area contributed by atoms with Gasteiger partial charge in [0.15, 0.2) is 5.13 Å². The van der Waals surface area contributed by atoms with Crippen LogP contribution in [0.2, 0.25) is 0 Å². The summed E-state index contributed by atoms with van der Waals surface area (Å²) in [6.45, 7) is 4.18. The summed E-state index contributed by atoms with van der Waals surface area (Å²) in [4.78, 5) is 29.6. The van der Waals surface area contributed by atoms with Crippen molar-refractivity contribution in [2.24, 2.45) is 0 Å². The molecule has 1 aromatic heterocycles. The molecular weight excluding hydrogens is 330 g/mol. The number of aryl methyl sites for hydroxylation is 2. The van der Waals surface area contributed by atoms with Gasteiger partial charge in [0, 0.05) is 10.9 Å². The van der Waals surface area contributed by atoms with Crippen LogP contribution in [0, 0.1) is 13.8 Å². The number of thiazole rings is 1. The van der Waals surface area contributed by atoms with E-state index in [-0.39, 0.29) is 18.4 Å². The lowest BCUT2D eigenvalue weighted by Gasteiger charge is -2.13. The third-order valence-electron chi connectivity index (χ3n) is 3.58. The fraction of sp³-hybridized carbons (Fsp3) is 0.312. The van der Waals surface area contributed by atoms with Gasteiger partial charge in [-0.3, -0.25) is 9.59 Å². The Morgan fingerprint density at radius 2 is 2.22 bits per heavy atom. The number of amides is 2. The maximum Gasteiger partial charge on any atom is 0.245 e. The highest BCUT2D eigenvalue weighted by Gasteiger charge is 2.23. The molecule has 23 heavy (non-hydrogen) atoms. The largest absolute Gasteiger partial charge is 0.323 e. The molecule has 1 N–H and O–H groups in total. The van der Waals surface area contributed by atoms with Crippen LogP contribution in [-0.4, -0.2) is 39.9 Å². The average molecular weight is 347 g/mol. The van der Waals surface area contributed by atoms with Crippen LogP contribution >= 0.6 is 23.1 Å². The highest BCUT2D eigenvalue weighted by Crippen LogP contribution is 2.28. The number of hydrogen-bond donors (Lipinski definition) is 1. The summed E-state index contributed by atoms with van der Waals surface area (Å²) in [5.41, 5.74) is 4.26. The number of thioether (sulfide) groups is 1. The highest BCUT2D eigenvalue weighted by atomic mass is 32.2. The van der Waals surface area contributed by atoms with E-state index in [2.05, 4.69) is 28.5 Å². The fourth-order valence-corrected chi connectivity index (χ4v) is 3.97. The Morgan fingerprint density at radius 1 is 1.39 bits per heavy atom. The third-order valence-corrected chi connectivity index (χ3v) is 5.28. The van der Waals surface area contributed by atoms with Crippen LogP contribution in [0.1, 0.15) is 11.1 Å². The van der Waals surface area contributed by atoms with Crippen molar-refractivity contribution in [1.29, 1.82) is 0 Å². The normalized spacial score (nSPS) is 14.3. The van der Waals surface area contributed by atoms with Crippen molar-refractivity contribution in [2.45, 2.75) is 13.8 Å². The minimum absolute atomic E-state index is 0.0142. The molecule has 2 amide bonds. The van der Waals surface area contributed by atoms with Crippen molar-refractivity contribution >= 4 is 40.0 Å². The molecule has 0 unspecified atom stereocenters. The Bertz CT molecular complexity index is 758. The predicted molar refractivity (Wildman–Crippen MR) is 94.7 cm³/mol. The number of carbonyl (C=O) groups is 2. The van der Waals surface area contributed by atoms with E-state index >= 15 is 0 Å². The SMILES string of the molecule is Cc1ccc(C)c(-c2csc(NC(=O)CN3CSCC3=O)n2)c1. The second kappa shape index (κ2) is 6.72. The molecule has 0 spiro atoms. The number of hydrogen-bond acceptors (Lipinski definition) is 5. The molecule has 7 heteroatoms. The van der Waals surface area contributed by atoms with E-state index in [1.807, 2.05) is 19.2 Å². The Labute approximate surface area is 143 Å². The Morgan fingerprint density at radius 3 is 2.96 bits per heavy atom. The number of anilines is 1. The number of aromatic nitrogens is 1. The molecule has 2 aromatic rings. The third kappa shape index (κ3) is 3.73. The van der Waals surface area contributed by atoms with Crippen LogP contribution in [0.4, 0.5) is 5.13 Å². The Hall–Kier alpha value is -1.86. The second-order valence-electron chi connectivity index (χ2n) is 5.47. The summed E-state index contributed by atoms with van der Waals surface area (Å²) in [5, 5.41) is 5.28. The summed E-state index contributed by atoms with van der Waals surface area (Å²) in [6, 6.07) is 6.23. The highest BCUT2D eigenvalue weighted by molar-refractivity contribution is 8.00. The molecule has 1 aliphatic rings. The van der Waals surface area contributed by atoms with E-state index < -0.39 is 0 Å². The zero-order chi connectivity index (χ0) is 16.4. The first kappa shape index (κ1) is 16.0. The van der Waals surface area contributed by atoms with Gasteiger partial charge in [-0.2, -0.15) is 0 Å². The molecule has 3 rings (SSSR count). The molecule has 1 saturated heterocycles. The topological polar surface area (TPSA) is 62.3 Å². The van der Waals surface area contributed by atoms with Crippen molar-refractivity contribution in [3.63, 3.8) is 0 Å². The Kier molecular flexibility index (Phi) is 4.68. The van der Waals surface area contributed by atoms with Gasteiger partial charge in [-0.25, -0.2) is 4.98 Å². The van der Waals surface area contributed by atoms with E-state index in [0.717, 1.165) is 16.8 Å². The number of rotatable bonds is 4. The maximum absolute atomic E-state index is 12.0.